The van der Waals surface area contributed by atoms with Crippen LogP contribution in [0.15, 0.2) is 12.2 Å². The summed E-state index contributed by atoms with van der Waals surface area (Å²) in [6.45, 7) is 12.5. The van der Waals surface area contributed by atoms with Crippen LogP contribution in [0.25, 0.3) is 0 Å². The normalized spacial score (nSPS) is 10.7. The Kier molecular flexibility index (Phi) is 43.4. The van der Waals surface area contributed by atoms with Crippen molar-refractivity contribution in [3.8, 4) is 0 Å². The van der Waals surface area contributed by atoms with E-state index in [0.29, 0.717) is 5.78 Å². The molecule has 0 rings (SSSR count). The second-order valence-electron chi connectivity index (χ2n) is 10.6. The lowest BCUT2D eigenvalue weighted by Gasteiger charge is -2.28. The van der Waals surface area contributed by atoms with E-state index in [9.17, 15) is 9.59 Å². The second-order valence-corrected chi connectivity index (χ2v) is 10.6. The Morgan fingerprint density at radius 3 is 1.51 bits per heavy atom. The predicted molar refractivity (Wildman–Crippen MR) is 155 cm³/mol. The molecule has 0 aromatic carbocycles. The van der Waals surface area contributed by atoms with Gasteiger partial charge in [-0.3, -0.25) is 9.59 Å². The van der Waals surface area contributed by atoms with E-state index < -0.39 is 0 Å². The topological polar surface area (TPSA) is 68.9 Å². The van der Waals surface area contributed by atoms with Gasteiger partial charge in [0.25, 0.3) is 0 Å². The Morgan fingerprint density at radius 1 is 0.829 bits per heavy atom. The summed E-state index contributed by atoms with van der Waals surface area (Å²) < 4.78 is 0.888. The third-order valence-electron chi connectivity index (χ3n) is 5.08. The van der Waals surface area contributed by atoms with Crippen molar-refractivity contribution in [2.24, 2.45) is 5.92 Å². The fraction of sp³-hybridized carbons (Fsp3) is 0.862. The van der Waals surface area contributed by atoms with Gasteiger partial charge in [-0.2, -0.15) is 0 Å². The number of hydrogen-bond donors (Lipinski definition) is 0. The van der Waals surface area contributed by atoms with Crippen LogP contribution in [0.1, 0.15) is 114 Å². The van der Waals surface area contributed by atoms with Gasteiger partial charge in [0.1, 0.15) is 5.78 Å². The van der Waals surface area contributed by atoms with Crippen LogP contribution in [-0.2, 0) is 9.59 Å². The minimum atomic E-state index is 0. The Bertz CT molecular complexity index is 479. The Balaban J connectivity index is -0.0000000755. The minimum absolute atomic E-state index is 0. The molecule has 0 heterocycles. The first-order valence-corrected chi connectivity index (χ1v) is 12.9. The van der Waals surface area contributed by atoms with Crippen LogP contribution in [0.2, 0.25) is 0 Å². The Morgan fingerprint density at radius 2 is 1.20 bits per heavy atom. The molecule has 0 amide bonds. The van der Waals surface area contributed by atoms with Crippen LogP contribution in [0.5, 0.6) is 0 Å². The zero-order valence-electron chi connectivity index (χ0n) is 25.6. The fourth-order valence-corrected chi connectivity index (χ4v) is 3.20. The summed E-state index contributed by atoms with van der Waals surface area (Å²) >= 11 is 0. The van der Waals surface area contributed by atoms with Crippen LogP contribution in [0.4, 0.5) is 0 Å². The summed E-state index contributed by atoms with van der Waals surface area (Å²) in [6.07, 6.45) is 14.6. The maximum atomic E-state index is 11.5. The minimum Gasteiger partial charge on any atom is -1.00 e. The summed E-state index contributed by atoms with van der Waals surface area (Å²) in [7, 11) is 12.5. The Labute approximate surface area is 239 Å². The van der Waals surface area contributed by atoms with Gasteiger partial charge in [0.05, 0.1) is 33.6 Å². The van der Waals surface area contributed by atoms with E-state index in [1.54, 1.807) is 13.8 Å². The zero-order valence-corrected chi connectivity index (χ0v) is 26.7. The van der Waals surface area contributed by atoms with Gasteiger partial charge in [-0.25, -0.2) is 0 Å². The van der Waals surface area contributed by atoms with Gasteiger partial charge >= 0.3 is 1.43 Å². The largest absolute Gasteiger partial charge is 1.00 e. The summed E-state index contributed by atoms with van der Waals surface area (Å²) in [5, 5.41) is 0. The molecule has 216 valence electrons. The molecule has 0 aromatic heterocycles. The lowest BCUT2D eigenvalue weighted by Crippen LogP contribution is -3.00. The average molecular weight is 618 g/mol. The number of carbonyl (C=O) groups excluding carboxylic acids is 2. The SMILES string of the molecule is C.C=C(CCCCCCC)C(C)=O.CCCCCCCC(C[N+](C)(C)C)C(C)=O.CN(C)C.O.[H+].[I-]. The molecule has 0 aromatic rings. The maximum absolute atomic E-state index is 11.5. The van der Waals surface area contributed by atoms with Gasteiger partial charge in [0, 0.05) is 0 Å². The van der Waals surface area contributed by atoms with Crippen molar-refractivity contribution in [2.75, 3.05) is 48.8 Å². The highest BCUT2D eigenvalue weighted by Gasteiger charge is 2.21. The van der Waals surface area contributed by atoms with Crippen LogP contribution in [-0.4, -0.2) is 75.3 Å². The number of Topliss-reactive ketones (excluding diaryl/α,β-unsaturated/α-hetero) is 2. The predicted octanol–water partition coefficient (Wildman–Crippen LogP) is 3.86. The van der Waals surface area contributed by atoms with E-state index >= 15 is 0 Å². The molecule has 6 heteroatoms. The van der Waals surface area contributed by atoms with Gasteiger partial charge in [0.15, 0.2) is 5.78 Å². The molecule has 5 nitrogen and oxygen atoms in total. The van der Waals surface area contributed by atoms with Crippen molar-refractivity contribution >= 4 is 11.6 Å². The van der Waals surface area contributed by atoms with Crippen LogP contribution in [0, 0.1) is 5.92 Å². The number of unbranched alkanes of at least 4 members (excludes halogenated alkanes) is 8. The number of nitrogens with zero attached hydrogens (tertiary/aromatic N) is 2. The highest BCUT2D eigenvalue weighted by Crippen LogP contribution is 2.15. The molecule has 0 saturated heterocycles. The van der Waals surface area contributed by atoms with Crippen molar-refractivity contribution < 1.29 is 45.0 Å². The molecule has 0 bridgehead atoms. The van der Waals surface area contributed by atoms with E-state index in [1.165, 1.54) is 57.8 Å². The highest BCUT2D eigenvalue weighted by atomic mass is 127. The van der Waals surface area contributed by atoms with Gasteiger partial charge < -0.3 is 38.8 Å². The first-order valence-electron chi connectivity index (χ1n) is 12.9. The molecular weight excluding hydrogens is 551 g/mol. The van der Waals surface area contributed by atoms with E-state index in [0.717, 1.165) is 35.9 Å². The molecule has 1 atom stereocenters. The first kappa shape index (κ1) is 47.8. The number of quaternary nitrogens is 1. The molecule has 1 unspecified atom stereocenters. The van der Waals surface area contributed by atoms with Gasteiger partial charge in [-0.15, -0.1) is 0 Å². The molecule has 0 saturated carbocycles. The smallest absolute Gasteiger partial charge is 1.00 e. The number of ketones is 2. The molecular formula is C29H66IN2O3+. The summed E-state index contributed by atoms with van der Waals surface area (Å²) in [5.74, 6) is 0.774. The average Bonchev–Trinajstić information content (AvgIpc) is 2.65. The number of carbonyl (C=O) groups is 2. The summed E-state index contributed by atoms with van der Waals surface area (Å²) in [5.41, 5.74) is 0.784. The Hall–Kier alpha value is -0.310. The van der Waals surface area contributed by atoms with E-state index in [2.05, 4.69) is 41.6 Å². The third kappa shape index (κ3) is 47.5. The van der Waals surface area contributed by atoms with Crippen molar-refractivity contribution in [1.82, 2.24) is 4.90 Å². The lowest BCUT2D eigenvalue weighted by atomic mass is 9.96. The maximum Gasteiger partial charge on any atom is 1.00 e. The first-order chi connectivity index (χ1) is 14.8. The quantitative estimate of drug-likeness (QED) is 0.114. The molecule has 0 radical (unpaired) electrons. The number of rotatable bonds is 16. The molecule has 0 aliphatic carbocycles. The van der Waals surface area contributed by atoms with Crippen LogP contribution in [0.3, 0.4) is 0 Å². The van der Waals surface area contributed by atoms with Gasteiger partial charge in [-0.1, -0.05) is 85.6 Å². The van der Waals surface area contributed by atoms with Crippen molar-refractivity contribution in [1.29, 1.82) is 0 Å². The highest BCUT2D eigenvalue weighted by molar-refractivity contribution is 5.92. The van der Waals surface area contributed by atoms with E-state index in [-0.39, 0.29) is 50.0 Å². The van der Waals surface area contributed by atoms with Crippen molar-refractivity contribution in [3.63, 3.8) is 0 Å². The monoisotopic (exact) mass is 617 g/mol. The molecule has 35 heavy (non-hydrogen) atoms. The van der Waals surface area contributed by atoms with Crippen LogP contribution >= 0.6 is 0 Å². The van der Waals surface area contributed by atoms with E-state index in [1.807, 2.05) is 26.0 Å². The van der Waals surface area contributed by atoms with Crippen LogP contribution < -0.4 is 24.0 Å². The summed E-state index contributed by atoms with van der Waals surface area (Å²) in [6, 6.07) is 0. The van der Waals surface area contributed by atoms with Gasteiger partial charge in [0.2, 0.25) is 0 Å². The second kappa shape index (κ2) is 31.7. The zero-order chi connectivity index (χ0) is 25.6. The van der Waals surface area contributed by atoms with E-state index in [4.69, 9.17) is 0 Å². The third-order valence-corrected chi connectivity index (χ3v) is 5.08. The standard InChI is InChI=1S/C14H30NO.C11H20O.C3H9N.CH4.HI.H2O/c1-6-7-8-9-10-11-14(13(2)16)12-15(3,4)5;1-4-5-6-7-8-9-10(2)11(3)12;1-4(2)3;;;/h14H,6-12H2,1-5H3;2,4-9H2,1,3H3;1-3H3;1H4;1H;1H2/q+1;;;;;. The lowest BCUT2D eigenvalue weighted by molar-refractivity contribution is -0.872. The fourth-order valence-electron chi connectivity index (χ4n) is 3.20. The number of allylic oxidation sites excluding steroid dienone is 1. The molecule has 0 aliphatic rings. The van der Waals surface area contributed by atoms with Gasteiger partial charge in [-0.05, 0) is 59.8 Å². The van der Waals surface area contributed by atoms with Crippen molar-refractivity contribution in [2.45, 2.75) is 112 Å². The summed E-state index contributed by atoms with van der Waals surface area (Å²) in [4.78, 5) is 24.3. The molecule has 0 aliphatic heterocycles. The molecule has 2 N–H and O–H groups in total. The molecule has 0 fully saturated rings. The molecule has 0 spiro atoms. The van der Waals surface area contributed by atoms with Crippen molar-refractivity contribution in [3.05, 3.63) is 12.2 Å². The number of halogens is 1. The number of hydrogen-bond acceptors (Lipinski definition) is 3.